The zero-order valence-electron chi connectivity index (χ0n) is 10.8. The van der Waals surface area contributed by atoms with Gasteiger partial charge in [-0.05, 0) is 23.8 Å². The van der Waals surface area contributed by atoms with Crippen molar-refractivity contribution < 1.29 is 8.78 Å². The molecule has 0 radical (unpaired) electrons. The van der Waals surface area contributed by atoms with Gasteiger partial charge in [-0.1, -0.05) is 27.5 Å². The summed E-state index contributed by atoms with van der Waals surface area (Å²) in [5, 5.41) is 3.78. The maximum atomic E-state index is 12.9. The third-order valence-electron chi connectivity index (χ3n) is 3.31. The van der Waals surface area contributed by atoms with Gasteiger partial charge < -0.3 is 5.32 Å². The van der Waals surface area contributed by atoms with E-state index in [1.165, 1.54) is 0 Å². The van der Waals surface area contributed by atoms with Gasteiger partial charge in [-0.2, -0.15) is 0 Å². The molecule has 0 bridgehead atoms. The van der Waals surface area contributed by atoms with Crippen molar-refractivity contribution in [2.24, 2.45) is 0 Å². The standard InChI is InChI=1S/C13H16BrClF2N2.ClH/c14-9-1-2-11(15)10(7-9)12(8-13(16)17)19-5-3-18-4-6-19;/h1-2,7,12-13,18H,3-6,8H2;1H/t12-;/m1./s1. The van der Waals surface area contributed by atoms with Crippen LogP contribution in [0.2, 0.25) is 5.02 Å². The van der Waals surface area contributed by atoms with E-state index < -0.39 is 6.43 Å². The van der Waals surface area contributed by atoms with E-state index in [2.05, 4.69) is 26.1 Å². The highest BCUT2D eigenvalue weighted by Crippen LogP contribution is 2.34. The van der Waals surface area contributed by atoms with Crippen molar-refractivity contribution in [3.8, 4) is 0 Å². The highest BCUT2D eigenvalue weighted by molar-refractivity contribution is 9.10. The normalized spacial score (nSPS) is 17.9. The molecule has 1 heterocycles. The van der Waals surface area contributed by atoms with Gasteiger partial charge in [0, 0.05) is 48.1 Å². The Labute approximate surface area is 137 Å². The number of piperazine rings is 1. The molecule has 114 valence electrons. The Bertz CT molecular complexity index is 429. The van der Waals surface area contributed by atoms with Crippen LogP contribution in [0.25, 0.3) is 0 Å². The van der Waals surface area contributed by atoms with Crippen LogP contribution in [0.1, 0.15) is 18.0 Å². The molecule has 0 saturated carbocycles. The van der Waals surface area contributed by atoms with Crippen LogP contribution in [0.3, 0.4) is 0 Å². The van der Waals surface area contributed by atoms with E-state index in [-0.39, 0.29) is 24.9 Å². The number of alkyl halides is 2. The van der Waals surface area contributed by atoms with E-state index in [1.54, 1.807) is 6.07 Å². The Morgan fingerprint density at radius 2 is 1.95 bits per heavy atom. The molecule has 1 N–H and O–H groups in total. The Morgan fingerprint density at radius 1 is 1.30 bits per heavy atom. The van der Waals surface area contributed by atoms with E-state index in [0.717, 1.165) is 36.2 Å². The molecule has 0 spiro atoms. The van der Waals surface area contributed by atoms with Crippen LogP contribution in [0, 0.1) is 0 Å². The Kier molecular flexibility index (Phi) is 7.69. The third-order valence-corrected chi connectivity index (χ3v) is 4.15. The maximum Gasteiger partial charge on any atom is 0.240 e. The minimum absolute atomic E-state index is 0. The minimum atomic E-state index is -2.34. The van der Waals surface area contributed by atoms with Gasteiger partial charge in [0.2, 0.25) is 6.43 Å². The number of benzene rings is 1. The van der Waals surface area contributed by atoms with Gasteiger partial charge in [-0.25, -0.2) is 8.78 Å². The molecule has 1 saturated heterocycles. The number of rotatable bonds is 4. The van der Waals surface area contributed by atoms with Gasteiger partial charge in [0.1, 0.15) is 0 Å². The van der Waals surface area contributed by atoms with Gasteiger partial charge in [-0.3, -0.25) is 4.90 Å². The summed E-state index contributed by atoms with van der Waals surface area (Å²) in [6.07, 6.45) is -2.52. The lowest BCUT2D eigenvalue weighted by Gasteiger charge is -2.35. The Morgan fingerprint density at radius 3 is 2.55 bits per heavy atom. The van der Waals surface area contributed by atoms with Crippen molar-refractivity contribution in [2.75, 3.05) is 26.2 Å². The Hall–Kier alpha value is 0.0600. The molecule has 20 heavy (non-hydrogen) atoms. The van der Waals surface area contributed by atoms with Crippen molar-refractivity contribution in [1.82, 2.24) is 10.2 Å². The number of nitrogens with zero attached hydrogens (tertiary/aromatic N) is 1. The highest BCUT2D eigenvalue weighted by atomic mass is 79.9. The molecule has 7 heteroatoms. The fraction of sp³-hybridized carbons (Fsp3) is 0.538. The van der Waals surface area contributed by atoms with Gasteiger partial charge >= 0.3 is 0 Å². The lowest BCUT2D eigenvalue weighted by molar-refractivity contribution is 0.0739. The molecule has 0 aromatic heterocycles. The molecule has 1 atom stereocenters. The average molecular weight is 390 g/mol. The van der Waals surface area contributed by atoms with Gasteiger partial charge in [0.15, 0.2) is 0 Å². The minimum Gasteiger partial charge on any atom is -0.314 e. The summed E-state index contributed by atoms with van der Waals surface area (Å²) >= 11 is 9.56. The second kappa shape index (κ2) is 8.49. The average Bonchev–Trinajstić information content (AvgIpc) is 2.40. The van der Waals surface area contributed by atoms with Crippen molar-refractivity contribution in [1.29, 1.82) is 0 Å². The first-order chi connectivity index (χ1) is 9.08. The predicted molar refractivity (Wildman–Crippen MR) is 84.2 cm³/mol. The third kappa shape index (κ3) is 4.81. The number of halogens is 5. The van der Waals surface area contributed by atoms with Crippen LogP contribution in [-0.4, -0.2) is 37.5 Å². The molecule has 1 aliphatic rings. The van der Waals surface area contributed by atoms with Crippen molar-refractivity contribution in [3.05, 3.63) is 33.3 Å². The van der Waals surface area contributed by atoms with Gasteiger partial charge in [-0.15, -0.1) is 12.4 Å². The van der Waals surface area contributed by atoms with Crippen LogP contribution >= 0.6 is 39.9 Å². The molecule has 2 nitrogen and oxygen atoms in total. The summed E-state index contributed by atoms with van der Waals surface area (Å²) in [4.78, 5) is 2.08. The van der Waals surface area contributed by atoms with Gasteiger partial charge in [0.25, 0.3) is 0 Å². The summed E-state index contributed by atoms with van der Waals surface area (Å²) in [6, 6.07) is 5.09. The van der Waals surface area contributed by atoms with E-state index >= 15 is 0 Å². The molecule has 1 aromatic carbocycles. The van der Waals surface area contributed by atoms with E-state index in [4.69, 9.17) is 11.6 Å². The predicted octanol–water partition coefficient (Wildman–Crippen LogP) is 4.13. The first-order valence-corrected chi connectivity index (χ1v) is 7.43. The molecule has 1 fully saturated rings. The topological polar surface area (TPSA) is 15.3 Å². The molecule has 1 aromatic rings. The molecule has 0 amide bonds. The fourth-order valence-corrected chi connectivity index (χ4v) is 3.03. The van der Waals surface area contributed by atoms with E-state index in [0.29, 0.717) is 5.02 Å². The summed E-state index contributed by atoms with van der Waals surface area (Å²) in [5.74, 6) is 0. The second-order valence-electron chi connectivity index (χ2n) is 4.59. The Balaban J connectivity index is 0.00000200. The quantitative estimate of drug-likeness (QED) is 0.832. The van der Waals surface area contributed by atoms with E-state index in [1.807, 2.05) is 12.1 Å². The van der Waals surface area contributed by atoms with Crippen LogP contribution in [0.4, 0.5) is 8.78 Å². The number of hydrogen-bond donors (Lipinski definition) is 1. The highest BCUT2D eigenvalue weighted by Gasteiger charge is 2.27. The SMILES string of the molecule is Cl.FC(F)C[C@H](c1cc(Br)ccc1Cl)N1CCNCC1. The van der Waals surface area contributed by atoms with Crippen molar-refractivity contribution in [2.45, 2.75) is 18.9 Å². The molecule has 0 unspecified atom stereocenters. The smallest absolute Gasteiger partial charge is 0.240 e. The summed E-state index contributed by atoms with van der Waals surface area (Å²) in [7, 11) is 0. The molecular formula is C13H17BrCl2F2N2. The number of hydrogen-bond acceptors (Lipinski definition) is 2. The summed E-state index contributed by atoms with van der Waals surface area (Å²) in [6.45, 7) is 3.18. The lowest BCUT2D eigenvalue weighted by Crippen LogP contribution is -2.45. The second-order valence-corrected chi connectivity index (χ2v) is 5.92. The summed E-state index contributed by atoms with van der Waals surface area (Å²) in [5.41, 5.74) is 0.776. The van der Waals surface area contributed by atoms with E-state index in [9.17, 15) is 8.78 Å². The van der Waals surface area contributed by atoms with Crippen LogP contribution in [0.15, 0.2) is 22.7 Å². The molecule has 2 rings (SSSR count). The maximum absolute atomic E-state index is 12.9. The first-order valence-electron chi connectivity index (χ1n) is 6.26. The zero-order chi connectivity index (χ0) is 13.8. The van der Waals surface area contributed by atoms with Gasteiger partial charge in [0.05, 0.1) is 0 Å². The first kappa shape index (κ1) is 18.1. The zero-order valence-corrected chi connectivity index (χ0v) is 13.9. The lowest BCUT2D eigenvalue weighted by atomic mass is 10.0. The van der Waals surface area contributed by atoms with Crippen molar-refractivity contribution in [3.63, 3.8) is 0 Å². The number of nitrogens with one attached hydrogen (secondary N) is 1. The largest absolute Gasteiger partial charge is 0.314 e. The summed E-state index contributed by atoms with van der Waals surface area (Å²) < 4.78 is 26.6. The fourth-order valence-electron chi connectivity index (χ4n) is 2.41. The molecular weight excluding hydrogens is 373 g/mol. The van der Waals surface area contributed by atoms with Crippen LogP contribution in [-0.2, 0) is 0 Å². The molecule has 1 aliphatic heterocycles. The van der Waals surface area contributed by atoms with Crippen LogP contribution < -0.4 is 5.32 Å². The molecule has 0 aliphatic carbocycles. The van der Waals surface area contributed by atoms with Crippen LogP contribution in [0.5, 0.6) is 0 Å². The van der Waals surface area contributed by atoms with Crippen molar-refractivity contribution >= 4 is 39.9 Å². The monoisotopic (exact) mass is 388 g/mol.